The summed E-state index contributed by atoms with van der Waals surface area (Å²) in [5.74, 6) is -1.47. The molecule has 194 valence electrons. The van der Waals surface area contributed by atoms with Crippen LogP contribution in [-0.4, -0.2) is 41.1 Å². The van der Waals surface area contributed by atoms with Crippen LogP contribution in [0.4, 0.5) is 0 Å². The van der Waals surface area contributed by atoms with Crippen molar-refractivity contribution in [3.8, 4) is 5.75 Å². The number of aliphatic carboxylic acids is 1. The second-order valence-electron chi connectivity index (χ2n) is 9.99. The van der Waals surface area contributed by atoms with Gasteiger partial charge in [-0.3, -0.25) is 14.4 Å². The molecule has 1 fully saturated rings. The molecule has 2 aliphatic rings. The van der Waals surface area contributed by atoms with Gasteiger partial charge >= 0.3 is 11.6 Å². The fourth-order valence-electron chi connectivity index (χ4n) is 5.40. The lowest BCUT2D eigenvalue weighted by molar-refractivity contribution is -0.138. The van der Waals surface area contributed by atoms with E-state index in [1.807, 2.05) is 19.1 Å². The van der Waals surface area contributed by atoms with Crippen LogP contribution in [0.15, 0.2) is 21.3 Å². The maximum absolute atomic E-state index is 12.8. The molecule has 1 aromatic carbocycles. The van der Waals surface area contributed by atoms with Crippen LogP contribution in [0.1, 0.15) is 75.0 Å². The smallest absolute Gasteiger partial charge is 0.340 e. The summed E-state index contributed by atoms with van der Waals surface area (Å²) in [6, 6.07) is 2.92. The van der Waals surface area contributed by atoms with Crippen molar-refractivity contribution in [1.29, 1.82) is 0 Å². The Morgan fingerprint density at radius 1 is 1.14 bits per heavy atom. The Morgan fingerprint density at radius 3 is 2.58 bits per heavy atom. The molecule has 0 bridgehead atoms. The molecule has 0 unspecified atom stereocenters. The second kappa shape index (κ2) is 10.7. The number of rotatable bonds is 8. The van der Waals surface area contributed by atoms with Gasteiger partial charge in [-0.25, -0.2) is 4.79 Å². The minimum absolute atomic E-state index is 0.113. The molecule has 1 spiro atoms. The number of hydrogen-bond donors (Lipinski definition) is 3. The lowest BCUT2D eigenvalue weighted by Crippen LogP contribution is -2.48. The summed E-state index contributed by atoms with van der Waals surface area (Å²) in [5.41, 5.74) is 1.70. The number of fused-ring (bicyclic) bond motifs is 2. The van der Waals surface area contributed by atoms with E-state index in [4.69, 9.17) is 14.3 Å². The van der Waals surface area contributed by atoms with Crippen LogP contribution in [0.3, 0.4) is 0 Å². The third-order valence-corrected chi connectivity index (χ3v) is 7.39. The monoisotopic (exact) mass is 498 g/mol. The standard InChI is InChI=1S/C27H34N2O7/c1-3-7-20(25(33)28-15-24(31)32)29-23(30)13-19-16(2)18-12-17-8-11-27(9-5-4-6-10-27)36-21(17)14-22(18)35-26(19)34/h12,14,20H,3-11,13,15H2,1-2H3,(H,28,33)(H,29,30)(H,31,32)/t20-/m0/s1. The van der Waals surface area contributed by atoms with Crippen molar-refractivity contribution in [3.63, 3.8) is 0 Å². The van der Waals surface area contributed by atoms with Crippen LogP contribution in [-0.2, 0) is 27.2 Å². The van der Waals surface area contributed by atoms with Crippen molar-refractivity contribution in [2.24, 2.45) is 0 Å². The van der Waals surface area contributed by atoms with Gasteiger partial charge in [0.05, 0.1) is 12.0 Å². The van der Waals surface area contributed by atoms with Crippen LogP contribution in [0.5, 0.6) is 5.75 Å². The van der Waals surface area contributed by atoms with E-state index in [1.165, 1.54) is 19.3 Å². The molecule has 1 aromatic heterocycles. The average Bonchev–Trinajstić information content (AvgIpc) is 2.84. The van der Waals surface area contributed by atoms with Crippen molar-refractivity contribution in [2.75, 3.05) is 6.54 Å². The summed E-state index contributed by atoms with van der Waals surface area (Å²) in [5, 5.41) is 14.5. The molecule has 1 aliphatic heterocycles. The Hall–Kier alpha value is -3.36. The zero-order valence-corrected chi connectivity index (χ0v) is 20.9. The number of nitrogens with one attached hydrogen (secondary N) is 2. The van der Waals surface area contributed by atoms with E-state index in [0.29, 0.717) is 24.0 Å². The minimum atomic E-state index is -1.17. The maximum Gasteiger partial charge on any atom is 0.340 e. The van der Waals surface area contributed by atoms with Gasteiger partial charge in [0.1, 0.15) is 29.5 Å². The molecule has 3 N–H and O–H groups in total. The van der Waals surface area contributed by atoms with Gasteiger partial charge in [0.25, 0.3) is 0 Å². The molecule has 2 heterocycles. The number of carboxylic acids is 1. The predicted molar refractivity (Wildman–Crippen MR) is 133 cm³/mol. The minimum Gasteiger partial charge on any atom is -0.487 e. The number of amides is 2. The fraction of sp³-hybridized carbons (Fsp3) is 0.556. The fourth-order valence-corrected chi connectivity index (χ4v) is 5.40. The van der Waals surface area contributed by atoms with E-state index in [9.17, 15) is 19.2 Å². The van der Waals surface area contributed by atoms with E-state index in [2.05, 4.69) is 10.6 Å². The van der Waals surface area contributed by atoms with Crippen LogP contribution < -0.4 is 21.0 Å². The molecule has 9 nitrogen and oxygen atoms in total. The van der Waals surface area contributed by atoms with Gasteiger partial charge in [-0.1, -0.05) is 19.8 Å². The second-order valence-corrected chi connectivity index (χ2v) is 9.99. The van der Waals surface area contributed by atoms with Crippen LogP contribution >= 0.6 is 0 Å². The molecule has 36 heavy (non-hydrogen) atoms. The first-order valence-corrected chi connectivity index (χ1v) is 12.8. The molecule has 0 saturated heterocycles. The van der Waals surface area contributed by atoms with Crippen LogP contribution in [0, 0.1) is 6.92 Å². The Bertz CT molecular complexity index is 1230. The van der Waals surface area contributed by atoms with Gasteiger partial charge in [0.2, 0.25) is 11.8 Å². The van der Waals surface area contributed by atoms with Gasteiger partial charge in [0.15, 0.2) is 0 Å². The number of benzene rings is 1. The Labute approximate surface area is 209 Å². The average molecular weight is 499 g/mol. The van der Waals surface area contributed by atoms with E-state index in [-0.39, 0.29) is 17.6 Å². The summed E-state index contributed by atoms with van der Waals surface area (Å²) in [7, 11) is 0. The van der Waals surface area contributed by atoms with E-state index < -0.39 is 36.0 Å². The summed E-state index contributed by atoms with van der Waals surface area (Å²) in [4.78, 5) is 48.7. The quantitative estimate of drug-likeness (QED) is 0.476. The maximum atomic E-state index is 12.8. The van der Waals surface area contributed by atoms with Crippen molar-refractivity contribution in [2.45, 2.75) is 89.7 Å². The van der Waals surface area contributed by atoms with Crippen LogP contribution in [0.2, 0.25) is 0 Å². The number of carbonyl (C=O) groups excluding carboxylic acids is 2. The Morgan fingerprint density at radius 2 is 1.89 bits per heavy atom. The van der Waals surface area contributed by atoms with E-state index in [0.717, 1.165) is 42.4 Å². The molecule has 9 heteroatoms. The number of carboxylic acid groups (broad SMARTS) is 1. The van der Waals surface area contributed by atoms with Crippen molar-refractivity contribution >= 4 is 28.8 Å². The highest BCUT2D eigenvalue weighted by Crippen LogP contribution is 2.43. The van der Waals surface area contributed by atoms with Gasteiger partial charge in [0, 0.05) is 11.5 Å². The van der Waals surface area contributed by atoms with Crippen LogP contribution in [0.25, 0.3) is 11.0 Å². The highest BCUT2D eigenvalue weighted by Gasteiger charge is 2.37. The summed E-state index contributed by atoms with van der Waals surface area (Å²) in [6.45, 7) is 3.12. The molecule has 4 rings (SSSR count). The lowest BCUT2D eigenvalue weighted by Gasteiger charge is -2.41. The summed E-state index contributed by atoms with van der Waals surface area (Å²) in [6.07, 6.45) is 8.26. The van der Waals surface area contributed by atoms with Crippen molar-refractivity contribution in [3.05, 3.63) is 39.2 Å². The molecule has 1 atom stereocenters. The third-order valence-electron chi connectivity index (χ3n) is 7.39. The van der Waals surface area contributed by atoms with E-state index in [1.54, 1.807) is 6.92 Å². The van der Waals surface area contributed by atoms with E-state index >= 15 is 0 Å². The number of carbonyl (C=O) groups is 3. The molecule has 2 aromatic rings. The molecule has 0 radical (unpaired) electrons. The van der Waals surface area contributed by atoms with Gasteiger partial charge in [-0.05, 0) is 69.1 Å². The zero-order chi connectivity index (χ0) is 25.9. The number of aryl methyl sites for hydroxylation is 2. The highest BCUT2D eigenvalue weighted by molar-refractivity contribution is 5.91. The van der Waals surface area contributed by atoms with Crippen molar-refractivity contribution < 1.29 is 28.6 Å². The molecule has 1 saturated carbocycles. The van der Waals surface area contributed by atoms with Gasteiger partial charge in [-0.15, -0.1) is 0 Å². The first-order chi connectivity index (χ1) is 17.2. The first kappa shape index (κ1) is 25.7. The summed E-state index contributed by atoms with van der Waals surface area (Å²) < 4.78 is 12.1. The van der Waals surface area contributed by atoms with Gasteiger partial charge in [-0.2, -0.15) is 0 Å². The SMILES string of the molecule is CCC[C@H](NC(=O)Cc1c(C)c2cc3c(cc2oc1=O)OC1(CCCCC1)CC3)C(=O)NCC(=O)O. The lowest BCUT2D eigenvalue weighted by atomic mass is 9.79. The summed E-state index contributed by atoms with van der Waals surface area (Å²) >= 11 is 0. The predicted octanol–water partition coefficient (Wildman–Crippen LogP) is 3.16. The number of ether oxygens (including phenoxy) is 1. The topological polar surface area (TPSA) is 135 Å². The molecule has 2 amide bonds. The molecular formula is C27H34N2O7. The molecule has 1 aliphatic carbocycles. The Balaban J connectivity index is 1.54. The number of hydrogen-bond acceptors (Lipinski definition) is 6. The largest absolute Gasteiger partial charge is 0.487 e. The zero-order valence-electron chi connectivity index (χ0n) is 20.9. The van der Waals surface area contributed by atoms with Crippen molar-refractivity contribution in [1.82, 2.24) is 10.6 Å². The third kappa shape index (κ3) is 5.55. The normalized spacial score (nSPS) is 17.2. The first-order valence-electron chi connectivity index (χ1n) is 12.8. The highest BCUT2D eigenvalue weighted by atomic mass is 16.5. The Kier molecular flexibility index (Phi) is 7.66. The van der Waals surface area contributed by atoms with Gasteiger partial charge < -0.3 is 24.9 Å². The molecular weight excluding hydrogens is 464 g/mol.